The molecule has 0 spiro atoms. The molecule has 21 heavy (non-hydrogen) atoms. The number of nitrogens with zero attached hydrogens (tertiary/aromatic N) is 1. The molecule has 4 heteroatoms. The molecule has 112 valence electrons. The summed E-state index contributed by atoms with van der Waals surface area (Å²) in [6, 6.07) is 9.92. The average Bonchev–Trinajstić information content (AvgIpc) is 2.89. The number of fused-ring (bicyclic) bond motifs is 1. The van der Waals surface area contributed by atoms with Crippen LogP contribution in [0.15, 0.2) is 36.5 Å². The largest absolute Gasteiger partial charge is 0.494 e. The van der Waals surface area contributed by atoms with Crippen LogP contribution in [0.25, 0.3) is 10.9 Å². The summed E-state index contributed by atoms with van der Waals surface area (Å²) in [7, 11) is 0. The van der Waals surface area contributed by atoms with Gasteiger partial charge in [0.2, 0.25) is 0 Å². The van der Waals surface area contributed by atoms with Crippen LogP contribution < -0.4 is 10.5 Å². The first-order valence-corrected chi connectivity index (χ1v) is 7.59. The predicted octanol–water partition coefficient (Wildman–Crippen LogP) is 2.49. The molecule has 1 aliphatic rings. The molecule has 2 atom stereocenters. The number of hydrogen-bond donors (Lipinski definition) is 2. The maximum Gasteiger partial charge on any atom is 0.121 e. The Labute approximate surface area is 124 Å². The summed E-state index contributed by atoms with van der Waals surface area (Å²) < 4.78 is 5.84. The summed E-state index contributed by atoms with van der Waals surface area (Å²) in [5, 5.41) is 10.6. The Hall–Kier alpha value is -1.65. The smallest absolute Gasteiger partial charge is 0.121 e. The lowest BCUT2D eigenvalue weighted by atomic mass is 9.87. The first-order chi connectivity index (χ1) is 10.2. The van der Waals surface area contributed by atoms with Crippen molar-refractivity contribution >= 4 is 10.9 Å². The van der Waals surface area contributed by atoms with E-state index in [2.05, 4.69) is 4.98 Å². The maximum atomic E-state index is 9.46. The molecular weight excluding hydrogens is 264 g/mol. The van der Waals surface area contributed by atoms with Gasteiger partial charge >= 0.3 is 0 Å². The molecule has 2 unspecified atom stereocenters. The third-order valence-electron chi connectivity index (χ3n) is 4.61. The summed E-state index contributed by atoms with van der Waals surface area (Å²) in [6.07, 6.45) is 5.77. The van der Waals surface area contributed by atoms with Crippen molar-refractivity contribution in [1.82, 2.24) is 4.98 Å². The second-order valence-corrected chi connectivity index (χ2v) is 5.98. The molecule has 3 N–H and O–H groups in total. The second-order valence-electron chi connectivity index (χ2n) is 5.98. The SMILES string of the molecule is NC1(CO)CCCC1CCOc1ccc2cccnc2c1. The number of pyridine rings is 1. The zero-order valence-electron chi connectivity index (χ0n) is 12.2. The molecule has 1 aromatic carbocycles. The van der Waals surface area contributed by atoms with E-state index in [0.29, 0.717) is 12.5 Å². The van der Waals surface area contributed by atoms with E-state index in [1.807, 2.05) is 30.3 Å². The highest BCUT2D eigenvalue weighted by Gasteiger charge is 2.38. The fourth-order valence-corrected chi connectivity index (χ4v) is 3.26. The molecule has 3 rings (SSSR count). The van der Waals surface area contributed by atoms with Gasteiger partial charge in [0, 0.05) is 23.2 Å². The minimum atomic E-state index is -0.408. The van der Waals surface area contributed by atoms with Crippen molar-refractivity contribution in [3.8, 4) is 5.75 Å². The molecule has 1 fully saturated rings. The fraction of sp³-hybridized carbons (Fsp3) is 0.471. The van der Waals surface area contributed by atoms with E-state index in [-0.39, 0.29) is 6.61 Å². The van der Waals surface area contributed by atoms with Crippen molar-refractivity contribution in [3.05, 3.63) is 36.5 Å². The van der Waals surface area contributed by atoms with Crippen LogP contribution >= 0.6 is 0 Å². The highest BCUT2D eigenvalue weighted by molar-refractivity contribution is 5.79. The van der Waals surface area contributed by atoms with Crippen LogP contribution in [0.2, 0.25) is 0 Å². The van der Waals surface area contributed by atoms with E-state index in [1.165, 1.54) is 0 Å². The summed E-state index contributed by atoms with van der Waals surface area (Å²) in [5.41, 5.74) is 6.78. The minimum Gasteiger partial charge on any atom is -0.494 e. The van der Waals surface area contributed by atoms with Gasteiger partial charge < -0.3 is 15.6 Å². The van der Waals surface area contributed by atoms with Crippen molar-refractivity contribution in [2.75, 3.05) is 13.2 Å². The Kier molecular flexibility index (Phi) is 4.08. The Bertz CT molecular complexity index is 617. The maximum absolute atomic E-state index is 9.46. The Balaban J connectivity index is 1.59. The molecule has 0 saturated heterocycles. The third kappa shape index (κ3) is 3.01. The quantitative estimate of drug-likeness (QED) is 0.886. The topological polar surface area (TPSA) is 68.4 Å². The molecule has 2 aromatic rings. The lowest BCUT2D eigenvalue weighted by molar-refractivity contribution is 0.143. The summed E-state index contributed by atoms with van der Waals surface area (Å²) in [4.78, 5) is 4.33. The van der Waals surface area contributed by atoms with Crippen LogP contribution in [0, 0.1) is 5.92 Å². The standard InChI is InChI=1S/C17H22N2O2/c18-17(12-20)8-1-4-14(17)7-10-21-15-6-5-13-3-2-9-19-16(13)11-15/h2-3,5-6,9,11,14,20H,1,4,7-8,10,12,18H2. The second kappa shape index (κ2) is 6.00. The molecule has 1 aliphatic carbocycles. The zero-order valence-corrected chi connectivity index (χ0v) is 12.2. The molecule has 0 radical (unpaired) electrons. The van der Waals surface area contributed by atoms with Crippen molar-refractivity contribution in [3.63, 3.8) is 0 Å². The summed E-state index contributed by atoms with van der Waals surface area (Å²) in [6.45, 7) is 0.694. The third-order valence-corrected chi connectivity index (χ3v) is 4.61. The number of ether oxygens (including phenoxy) is 1. The van der Waals surface area contributed by atoms with E-state index >= 15 is 0 Å². The lowest BCUT2D eigenvalue weighted by Crippen LogP contribution is -2.47. The van der Waals surface area contributed by atoms with Crippen molar-refractivity contribution in [2.24, 2.45) is 11.7 Å². The molecule has 1 saturated carbocycles. The van der Waals surface area contributed by atoms with E-state index in [1.54, 1.807) is 6.20 Å². The number of nitrogens with two attached hydrogens (primary N) is 1. The van der Waals surface area contributed by atoms with Crippen molar-refractivity contribution in [1.29, 1.82) is 0 Å². The molecule has 0 bridgehead atoms. The van der Waals surface area contributed by atoms with E-state index in [4.69, 9.17) is 10.5 Å². The molecule has 0 aliphatic heterocycles. The number of hydrogen-bond acceptors (Lipinski definition) is 4. The monoisotopic (exact) mass is 286 g/mol. The van der Waals surface area contributed by atoms with E-state index in [0.717, 1.165) is 42.3 Å². The van der Waals surface area contributed by atoms with Crippen LogP contribution in [0.3, 0.4) is 0 Å². The van der Waals surface area contributed by atoms with Crippen LogP contribution in [0.1, 0.15) is 25.7 Å². The molecule has 0 amide bonds. The first-order valence-electron chi connectivity index (χ1n) is 7.59. The molecule has 1 heterocycles. The van der Waals surface area contributed by atoms with Crippen molar-refractivity contribution in [2.45, 2.75) is 31.2 Å². The first kappa shape index (κ1) is 14.3. The number of rotatable bonds is 5. The summed E-state index contributed by atoms with van der Waals surface area (Å²) in [5.74, 6) is 1.19. The van der Waals surface area contributed by atoms with Crippen LogP contribution in [0.5, 0.6) is 5.75 Å². The highest BCUT2D eigenvalue weighted by Crippen LogP contribution is 2.35. The number of aromatic nitrogens is 1. The van der Waals surface area contributed by atoms with E-state index in [9.17, 15) is 5.11 Å². The van der Waals surface area contributed by atoms with Crippen LogP contribution in [0.4, 0.5) is 0 Å². The Morgan fingerprint density at radius 1 is 1.38 bits per heavy atom. The van der Waals surface area contributed by atoms with Gasteiger partial charge in [-0.3, -0.25) is 4.98 Å². The Morgan fingerprint density at radius 3 is 3.14 bits per heavy atom. The van der Waals surface area contributed by atoms with Gasteiger partial charge in [0.1, 0.15) is 5.75 Å². The fourth-order valence-electron chi connectivity index (χ4n) is 3.26. The zero-order chi connectivity index (χ0) is 14.7. The normalized spacial score (nSPS) is 25.3. The van der Waals surface area contributed by atoms with E-state index < -0.39 is 5.54 Å². The van der Waals surface area contributed by atoms with Crippen LogP contribution in [-0.2, 0) is 0 Å². The number of benzene rings is 1. The van der Waals surface area contributed by atoms with Crippen LogP contribution in [-0.4, -0.2) is 28.8 Å². The average molecular weight is 286 g/mol. The lowest BCUT2D eigenvalue weighted by Gasteiger charge is -2.29. The van der Waals surface area contributed by atoms with Crippen molar-refractivity contribution < 1.29 is 9.84 Å². The van der Waals surface area contributed by atoms with Gasteiger partial charge in [-0.25, -0.2) is 0 Å². The van der Waals surface area contributed by atoms with Gasteiger partial charge in [-0.2, -0.15) is 0 Å². The molecule has 1 aromatic heterocycles. The van der Waals surface area contributed by atoms with Gasteiger partial charge in [-0.15, -0.1) is 0 Å². The Morgan fingerprint density at radius 2 is 2.29 bits per heavy atom. The van der Waals surface area contributed by atoms with Gasteiger partial charge in [0.15, 0.2) is 0 Å². The van der Waals surface area contributed by atoms with Gasteiger partial charge in [0.05, 0.1) is 18.7 Å². The summed E-state index contributed by atoms with van der Waals surface area (Å²) >= 11 is 0. The molecular formula is C17H22N2O2. The molecule has 4 nitrogen and oxygen atoms in total. The minimum absolute atomic E-state index is 0.0670. The van der Waals surface area contributed by atoms with Gasteiger partial charge in [0.25, 0.3) is 0 Å². The number of aliphatic hydroxyl groups excluding tert-OH is 1. The number of aliphatic hydroxyl groups is 1. The highest BCUT2D eigenvalue weighted by atomic mass is 16.5. The predicted molar refractivity (Wildman–Crippen MR) is 83.2 cm³/mol. The van der Waals surface area contributed by atoms with Gasteiger partial charge in [-0.1, -0.05) is 12.5 Å². The van der Waals surface area contributed by atoms with Gasteiger partial charge in [-0.05, 0) is 43.4 Å².